The maximum Gasteiger partial charge on any atom is 0.240 e. The molecular formula is C12H24N2O. The molecule has 3 nitrogen and oxygen atoms in total. The molecule has 0 radical (unpaired) electrons. The fourth-order valence-electron chi connectivity index (χ4n) is 2.19. The fourth-order valence-corrected chi connectivity index (χ4v) is 2.19. The van der Waals surface area contributed by atoms with E-state index in [1.807, 2.05) is 11.9 Å². The van der Waals surface area contributed by atoms with Crippen molar-refractivity contribution in [2.75, 3.05) is 7.05 Å². The fraction of sp³-hybridized carbons (Fsp3) is 0.917. The lowest BCUT2D eigenvalue weighted by atomic mass is 9.92. The smallest absolute Gasteiger partial charge is 0.240 e. The van der Waals surface area contributed by atoms with Crippen LogP contribution in [0.15, 0.2) is 0 Å². The van der Waals surface area contributed by atoms with Crippen LogP contribution in [0.2, 0.25) is 0 Å². The summed E-state index contributed by atoms with van der Waals surface area (Å²) >= 11 is 0. The zero-order chi connectivity index (χ0) is 11.6. The van der Waals surface area contributed by atoms with E-state index in [-0.39, 0.29) is 23.5 Å². The molecule has 0 aliphatic carbocycles. The van der Waals surface area contributed by atoms with Gasteiger partial charge in [-0.15, -0.1) is 0 Å². The third-order valence-corrected chi connectivity index (χ3v) is 3.06. The van der Waals surface area contributed by atoms with Gasteiger partial charge in [0.2, 0.25) is 5.91 Å². The number of hydrogen-bond donors (Lipinski definition) is 1. The van der Waals surface area contributed by atoms with E-state index in [4.69, 9.17) is 0 Å². The van der Waals surface area contributed by atoms with Gasteiger partial charge in [-0.1, -0.05) is 40.5 Å². The molecule has 0 aromatic carbocycles. The number of amides is 1. The third kappa shape index (κ3) is 2.71. The predicted molar refractivity (Wildman–Crippen MR) is 62.5 cm³/mol. The third-order valence-electron chi connectivity index (χ3n) is 3.06. The summed E-state index contributed by atoms with van der Waals surface area (Å²) in [6.07, 6.45) is 3.40. The molecule has 3 heteroatoms. The normalized spacial score (nSPS) is 27.5. The van der Waals surface area contributed by atoms with E-state index in [1.165, 1.54) is 0 Å². The Balaban J connectivity index is 2.64. The van der Waals surface area contributed by atoms with Crippen LogP contribution >= 0.6 is 0 Å². The topological polar surface area (TPSA) is 32.3 Å². The van der Waals surface area contributed by atoms with Crippen LogP contribution in [0.25, 0.3) is 0 Å². The van der Waals surface area contributed by atoms with Crippen LogP contribution in [0.4, 0.5) is 0 Å². The molecule has 1 fully saturated rings. The second-order valence-corrected chi connectivity index (χ2v) is 5.58. The monoisotopic (exact) mass is 212 g/mol. The summed E-state index contributed by atoms with van der Waals surface area (Å²) in [7, 11) is 1.90. The number of nitrogens with zero attached hydrogens (tertiary/aromatic N) is 1. The summed E-state index contributed by atoms with van der Waals surface area (Å²) in [5.41, 5.74) is 0.103. The van der Waals surface area contributed by atoms with Crippen molar-refractivity contribution in [2.24, 2.45) is 5.41 Å². The Kier molecular flexibility index (Phi) is 3.77. The van der Waals surface area contributed by atoms with Crippen LogP contribution in [0.3, 0.4) is 0 Å². The molecule has 88 valence electrons. The molecule has 1 aliphatic heterocycles. The predicted octanol–water partition coefficient (Wildman–Crippen LogP) is 1.98. The quantitative estimate of drug-likeness (QED) is 0.776. The van der Waals surface area contributed by atoms with E-state index in [9.17, 15) is 4.79 Å². The molecule has 0 spiro atoms. The number of likely N-dealkylation sites (N-methyl/N-ethyl adjacent to an activating group) is 1. The number of unbranched alkanes of at least 4 members (excludes halogenated alkanes) is 1. The van der Waals surface area contributed by atoms with Crippen molar-refractivity contribution in [2.45, 2.75) is 59.2 Å². The van der Waals surface area contributed by atoms with Gasteiger partial charge in [-0.25, -0.2) is 0 Å². The summed E-state index contributed by atoms with van der Waals surface area (Å²) in [5, 5.41) is 3.44. The highest BCUT2D eigenvalue weighted by atomic mass is 16.2. The van der Waals surface area contributed by atoms with E-state index in [1.54, 1.807) is 0 Å². The SMILES string of the molecule is CCCC[C@@H]1N[C@H](C(C)(C)C)N(C)C1=O. The maximum atomic E-state index is 11.9. The molecule has 0 unspecified atom stereocenters. The van der Waals surface area contributed by atoms with Crippen LogP contribution in [0.1, 0.15) is 47.0 Å². The molecule has 0 aromatic heterocycles. The van der Waals surface area contributed by atoms with Gasteiger partial charge in [-0.05, 0) is 11.8 Å². The van der Waals surface area contributed by atoms with E-state index >= 15 is 0 Å². The van der Waals surface area contributed by atoms with E-state index in [2.05, 4.69) is 33.0 Å². The van der Waals surface area contributed by atoms with Gasteiger partial charge < -0.3 is 4.90 Å². The lowest BCUT2D eigenvalue weighted by molar-refractivity contribution is -0.129. The van der Waals surface area contributed by atoms with Crippen molar-refractivity contribution < 1.29 is 4.79 Å². The van der Waals surface area contributed by atoms with Crippen molar-refractivity contribution >= 4 is 5.91 Å². The van der Waals surface area contributed by atoms with Gasteiger partial charge in [0, 0.05) is 7.05 Å². The summed E-state index contributed by atoms with van der Waals surface area (Å²) < 4.78 is 0. The van der Waals surface area contributed by atoms with Crippen molar-refractivity contribution in [3.05, 3.63) is 0 Å². The molecule has 0 saturated carbocycles. The highest BCUT2D eigenvalue weighted by Gasteiger charge is 2.41. The van der Waals surface area contributed by atoms with E-state index < -0.39 is 0 Å². The molecule has 2 atom stereocenters. The van der Waals surface area contributed by atoms with Crippen LogP contribution in [-0.2, 0) is 4.79 Å². The minimum Gasteiger partial charge on any atom is -0.328 e. The molecule has 1 amide bonds. The van der Waals surface area contributed by atoms with Crippen molar-refractivity contribution in [3.8, 4) is 0 Å². The number of carbonyl (C=O) groups is 1. The highest BCUT2D eigenvalue weighted by Crippen LogP contribution is 2.27. The van der Waals surface area contributed by atoms with Gasteiger partial charge in [0.1, 0.15) is 0 Å². The maximum absolute atomic E-state index is 11.9. The molecule has 1 N–H and O–H groups in total. The van der Waals surface area contributed by atoms with Crippen LogP contribution in [0, 0.1) is 5.41 Å². The molecule has 1 rings (SSSR count). The molecule has 1 aliphatic rings. The first-order valence-corrected chi connectivity index (χ1v) is 5.90. The van der Waals surface area contributed by atoms with Crippen LogP contribution < -0.4 is 5.32 Å². The molecule has 1 saturated heterocycles. The highest BCUT2D eigenvalue weighted by molar-refractivity contribution is 5.84. The van der Waals surface area contributed by atoms with Gasteiger partial charge >= 0.3 is 0 Å². The number of carbonyl (C=O) groups excluding carboxylic acids is 1. The standard InChI is InChI=1S/C12H24N2O/c1-6-7-8-9-10(15)14(5)11(13-9)12(2,3)4/h9,11,13H,6-8H2,1-5H3/t9-,11-/m0/s1. The lowest BCUT2D eigenvalue weighted by Crippen LogP contribution is -2.45. The van der Waals surface area contributed by atoms with Crippen LogP contribution in [-0.4, -0.2) is 30.1 Å². The van der Waals surface area contributed by atoms with Gasteiger partial charge in [0.15, 0.2) is 0 Å². The van der Waals surface area contributed by atoms with E-state index in [0.717, 1.165) is 19.3 Å². The van der Waals surface area contributed by atoms with Gasteiger partial charge in [-0.2, -0.15) is 0 Å². The minimum absolute atomic E-state index is 0.0409. The zero-order valence-corrected chi connectivity index (χ0v) is 10.6. The first-order valence-electron chi connectivity index (χ1n) is 5.90. The number of rotatable bonds is 3. The summed E-state index contributed by atoms with van der Waals surface area (Å²) in [6, 6.07) is 0.0409. The lowest BCUT2D eigenvalue weighted by Gasteiger charge is -2.32. The Morgan fingerprint density at radius 1 is 1.40 bits per heavy atom. The van der Waals surface area contributed by atoms with Gasteiger partial charge in [-0.3, -0.25) is 10.1 Å². The molecule has 0 bridgehead atoms. The number of nitrogens with one attached hydrogen (secondary N) is 1. The molecule has 1 heterocycles. The Hall–Kier alpha value is -0.570. The van der Waals surface area contributed by atoms with E-state index in [0.29, 0.717) is 0 Å². The minimum atomic E-state index is 0.0409. The number of hydrogen-bond acceptors (Lipinski definition) is 2. The van der Waals surface area contributed by atoms with Crippen molar-refractivity contribution in [1.82, 2.24) is 10.2 Å². The molecular weight excluding hydrogens is 188 g/mol. The van der Waals surface area contributed by atoms with Gasteiger partial charge in [0.05, 0.1) is 12.2 Å². The second-order valence-electron chi connectivity index (χ2n) is 5.58. The van der Waals surface area contributed by atoms with Crippen molar-refractivity contribution in [1.29, 1.82) is 0 Å². The van der Waals surface area contributed by atoms with Gasteiger partial charge in [0.25, 0.3) is 0 Å². The molecule has 0 aromatic rings. The van der Waals surface area contributed by atoms with Crippen molar-refractivity contribution in [3.63, 3.8) is 0 Å². The Morgan fingerprint density at radius 2 is 2.00 bits per heavy atom. The Bertz CT molecular complexity index is 232. The largest absolute Gasteiger partial charge is 0.328 e. The summed E-state index contributed by atoms with van der Waals surface area (Å²) in [6.45, 7) is 8.65. The summed E-state index contributed by atoms with van der Waals surface area (Å²) in [4.78, 5) is 13.8. The first kappa shape index (κ1) is 12.5. The second kappa shape index (κ2) is 4.52. The first-order chi connectivity index (χ1) is 6.88. The summed E-state index contributed by atoms with van der Waals surface area (Å²) in [5.74, 6) is 0.253. The Labute approximate surface area is 93.2 Å². The Morgan fingerprint density at radius 3 is 2.40 bits per heavy atom. The molecule has 15 heavy (non-hydrogen) atoms. The average Bonchev–Trinajstić information content (AvgIpc) is 2.41. The van der Waals surface area contributed by atoms with Crippen LogP contribution in [0.5, 0.6) is 0 Å². The zero-order valence-electron chi connectivity index (χ0n) is 10.6. The average molecular weight is 212 g/mol.